The molecule has 21 heavy (non-hydrogen) atoms. The Morgan fingerprint density at radius 3 is 3.00 bits per heavy atom. The van der Waals surface area contributed by atoms with Gasteiger partial charge in [0.15, 0.2) is 0 Å². The number of anilines is 1. The minimum Gasteiger partial charge on any atom is -0.384 e. The van der Waals surface area contributed by atoms with Gasteiger partial charge in [0.25, 0.3) is 0 Å². The molecule has 1 aliphatic rings. The summed E-state index contributed by atoms with van der Waals surface area (Å²) in [5.74, 6) is 1.75. The van der Waals surface area contributed by atoms with Gasteiger partial charge in [-0.15, -0.1) is 0 Å². The van der Waals surface area contributed by atoms with Crippen molar-refractivity contribution >= 4 is 5.82 Å². The van der Waals surface area contributed by atoms with Crippen LogP contribution in [0.3, 0.4) is 0 Å². The van der Waals surface area contributed by atoms with Gasteiger partial charge >= 0.3 is 0 Å². The van der Waals surface area contributed by atoms with E-state index in [-0.39, 0.29) is 0 Å². The van der Waals surface area contributed by atoms with Crippen molar-refractivity contribution in [3.8, 4) is 0 Å². The van der Waals surface area contributed by atoms with Gasteiger partial charge in [-0.2, -0.15) is 0 Å². The SMILES string of the molecule is CCCNCc1ccc(N2CCCC(COC)C2)nc1C. The van der Waals surface area contributed by atoms with Crippen LogP contribution in [0.15, 0.2) is 12.1 Å². The molecule has 1 atom stereocenters. The van der Waals surface area contributed by atoms with E-state index in [1.165, 1.54) is 24.8 Å². The zero-order chi connectivity index (χ0) is 15.1. The molecule has 0 spiro atoms. The number of nitrogens with zero attached hydrogens (tertiary/aromatic N) is 2. The Bertz CT molecular complexity index is 434. The fourth-order valence-corrected chi connectivity index (χ4v) is 2.98. The summed E-state index contributed by atoms with van der Waals surface area (Å²) in [6.45, 7) is 9.31. The zero-order valence-electron chi connectivity index (χ0n) is 13.7. The maximum atomic E-state index is 5.31. The minimum absolute atomic E-state index is 0.636. The number of ether oxygens (including phenoxy) is 1. The number of hydrogen-bond acceptors (Lipinski definition) is 4. The minimum atomic E-state index is 0.636. The van der Waals surface area contributed by atoms with Crippen molar-refractivity contribution in [3.05, 3.63) is 23.4 Å². The Hall–Kier alpha value is -1.13. The number of methoxy groups -OCH3 is 1. The maximum absolute atomic E-state index is 5.31. The number of piperidine rings is 1. The van der Waals surface area contributed by atoms with Crippen LogP contribution < -0.4 is 10.2 Å². The van der Waals surface area contributed by atoms with Gasteiger partial charge in [0.2, 0.25) is 0 Å². The summed E-state index contributed by atoms with van der Waals surface area (Å²) in [5.41, 5.74) is 2.45. The van der Waals surface area contributed by atoms with Crippen molar-refractivity contribution in [2.75, 3.05) is 38.3 Å². The van der Waals surface area contributed by atoms with Crippen molar-refractivity contribution in [1.82, 2.24) is 10.3 Å². The first-order valence-electron chi connectivity index (χ1n) is 8.15. The average molecular weight is 291 g/mol. The molecule has 4 nitrogen and oxygen atoms in total. The molecule has 4 heteroatoms. The third kappa shape index (κ3) is 4.68. The summed E-state index contributed by atoms with van der Waals surface area (Å²) in [6.07, 6.45) is 3.66. The molecule has 1 aromatic heterocycles. The molecule has 1 aliphatic heterocycles. The Morgan fingerprint density at radius 2 is 2.29 bits per heavy atom. The van der Waals surface area contributed by atoms with Gasteiger partial charge in [-0.3, -0.25) is 0 Å². The standard InChI is InChI=1S/C17H29N3O/c1-4-9-18-11-16-7-8-17(19-14(16)2)20-10-5-6-15(12-20)13-21-3/h7-8,15,18H,4-6,9-13H2,1-3H3. The lowest BCUT2D eigenvalue weighted by Gasteiger charge is -2.33. The highest BCUT2D eigenvalue weighted by Gasteiger charge is 2.21. The highest BCUT2D eigenvalue weighted by molar-refractivity contribution is 5.42. The quantitative estimate of drug-likeness (QED) is 0.784. The van der Waals surface area contributed by atoms with Crippen LogP contribution in [0.25, 0.3) is 0 Å². The molecule has 1 N–H and O–H groups in total. The van der Waals surface area contributed by atoms with E-state index >= 15 is 0 Å². The molecule has 0 aliphatic carbocycles. The molecule has 2 heterocycles. The van der Waals surface area contributed by atoms with E-state index in [9.17, 15) is 0 Å². The Balaban J connectivity index is 1.98. The molecule has 118 valence electrons. The molecule has 2 rings (SSSR count). The van der Waals surface area contributed by atoms with Gasteiger partial charge in [-0.05, 0) is 50.3 Å². The second-order valence-electron chi connectivity index (χ2n) is 6.00. The van der Waals surface area contributed by atoms with Gasteiger partial charge in [-0.1, -0.05) is 13.0 Å². The largest absolute Gasteiger partial charge is 0.384 e. The van der Waals surface area contributed by atoms with Gasteiger partial charge in [-0.25, -0.2) is 4.98 Å². The van der Waals surface area contributed by atoms with E-state index in [0.29, 0.717) is 5.92 Å². The van der Waals surface area contributed by atoms with Crippen molar-refractivity contribution in [3.63, 3.8) is 0 Å². The molecular weight excluding hydrogens is 262 g/mol. The summed E-state index contributed by atoms with van der Waals surface area (Å²) in [6, 6.07) is 4.39. The highest BCUT2D eigenvalue weighted by Crippen LogP contribution is 2.23. The lowest BCUT2D eigenvalue weighted by atomic mass is 9.99. The molecule has 1 fully saturated rings. The summed E-state index contributed by atoms with van der Waals surface area (Å²) < 4.78 is 5.31. The number of nitrogens with one attached hydrogen (secondary N) is 1. The van der Waals surface area contributed by atoms with E-state index in [1.807, 2.05) is 0 Å². The van der Waals surface area contributed by atoms with E-state index in [1.54, 1.807) is 7.11 Å². The normalized spacial score (nSPS) is 19.0. The van der Waals surface area contributed by atoms with Crippen LogP contribution in [0, 0.1) is 12.8 Å². The highest BCUT2D eigenvalue weighted by atomic mass is 16.5. The van der Waals surface area contributed by atoms with Gasteiger partial charge in [0.05, 0.1) is 6.61 Å². The van der Waals surface area contributed by atoms with Crippen LogP contribution in [0.1, 0.15) is 37.4 Å². The van der Waals surface area contributed by atoms with Crippen molar-refractivity contribution in [2.24, 2.45) is 5.92 Å². The fraction of sp³-hybridized carbons (Fsp3) is 0.706. The van der Waals surface area contributed by atoms with Gasteiger partial charge in [0.1, 0.15) is 5.82 Å². The van der Waals surface area contributed by atoms with Crippen LogP contribution in [0.4, 0.5) is 5.82 Å². The molecule has 1 aromatic rings. The summed E-state index contributed by atoms with van der Waals surface area (Å²) in [4.78, 5) is 7.22. The van der Waals surface area contributed by atoms with Crippen LogP contribution in [-0.4, -0.2) is 38.3 Å². The molecule has 0 saturated carbocycles. The Kier molecular flexibility index (Phi) is 6.46. The number of aromatic nitrogens is 1. The third-order valence-corrected chi connectivity index (χ3v) is 4.17. The predicted octanol–water partition coefficient (Wildman–Crippen LogP) is 2.75. The molecule has 1 saturated heterocycles. The second kappa shape index (κ2) is 8.35. The van der Waals surface area contributed by atoms with Crippen LogP contribution in [-0.2, 0) is 11.3 Å². The molecular formula is C17H29N3O. The summed E-state index contributed by atoms with van der Waals surface area (Å²) in [7, 11) is 1.79. The average Bonchev–Trinajstić information content (AvgIpc) is 2.50. The molecule has 0 bridgehead atoms. The van der Waals surface area contributed by atoms with Crippen LogP contribution >= 0.6 is 0 Å². The van der Waals surface area contributed by atoms with Gasteiger partial charge in [0, 0.05) is 32.4 Å². The number of aryl methyl sites for hydroxylation is 1. The third-order valence-electron chi connectivity index (χ3n) is 4.17. The van der Waals surface area contributed by atoms with Gasteiger partial charge < -0.3 is 15.0 Å². The molecule has 1 unspecified atom stereocenters. The Morgan fingerprint density at radius 1 is 1.43 bits per heavy atom. The maximum Gasteiger partial charge on any atom is 0.128 e. The van der Waals surface area contributed by atoms with E-state index in [4.69, 9.17) is 9.72 Å². The summed E-state index contributed by atoms with van der Waals surface area (Å²) in [5, 5.41) is 3.44. The predicted molar refractivity (Wildman–Crippen MR) is 87.8 cm³/mol. The first-order chi connectivity index (χ1) is 10.2. The number of rotatable bonds is 7. The second-order valence-corrected chi connectivity index (χ2v) is 6.00. The van der Waals surface area contributed by atoms with E-state index in [2.05, 4.69) is 36.2 Å². The fourth-order valence-electron chi connectivity index (χ4n) is 2.98. The molecule has 0 aromatic carbocycles. The topological polar surface area (TPSA) is 37.4 Å². The first kappa shape index (κ1) is 16.2. The van der Waals surface area contributed by atoms with Crippen LogP contribution in [0.5, 0.6) is 0 Å². The summed E-state index contributed by atoms with van der Waals surface area (Å²) >= 11 is 0. The van der Waals surface area contributed by atoms with Crippen LogP contribution in [0.2, 0.25) is 0 Å². The van der Waals surface area contributed by atoms with Crippen molar-refractivity contribution in [1.29, 1.82) is 0 Å². The van der Waals surface area contributed by atoms with Crippen molar-refractivity contribution in [2.45, 2.75) is 39.7 Å². The lowest BCUT2D eigenvalue weighted by Crippen LogP contribution is -2.37. The Labute approximate surface area is 128 Å². The molecule has 0 amide bonds. The monoisotopic (exact) mass is 291 g/mol. The molecule has 0 radical (unpaired) electrons. The van der Waals surface area contributed by atoms with Crippen molar-refractivity contribution < 1.29 is 4.74 Å². The zero-order valence-corrected chi connectivity index (χ0v) is 13.7. The van der Waals surface area contributed by atoms with E-state index < -0.39 is 0 Å². The smallest absolute Gasteiger partial charge is 0.128 e. The van der Waals surface area contributed by atoms with E-state index in [0.717, 1.165) is 44.3 Å². The first-order valence-corrected chi connectivity index (χ1v) is 8.15. The number of hydrogen-bond donors (Lipinski definition) is 1. The lowest BCUT2D eigenvalue weighted by molar-refractivity contribution is 0.143. The number of pyridine rings is 1.